The van der Waals surface area contributed by atoms with Crippen molar-refractivity contribution >= 4 is 23.1 Å². The molecule has 1 aromatic carbocycles. The number of nitrogens with one attached hydrogen (secondary N) is 2. The van der Waals surface area contributed by atoms with Crippen molar-refractivity contribution in [3.05, 3.63) is 48.2 Å². The summed E-state index contributed by atoms with van der Waals surface area (Å²) < 4.78 is 0. The summed E-state index contributed by atoms with van der Waals surface area (Å²) in [6.07, 6.45) is 2.57. The molecule has 0 aliphatic rings. The topological polar surface area (TPSA) is 60.5 Å². The van der Waals surface area contributed by atoms with Crippen LogP contribution in [0.2, 0.25) is 0 Å². The lowest BCUT2D eigenvalue weighted by molar-refractivity contribution is 0.0952. The van der Waals surface area contributed by atoms with E-state index in [9.17, 15) is 4.79 Å². The van der Waals surface area contributed by atoms with E-state index in [1.807, 2.05) is 57.4 Å². The van der Waals surface area contributed by atoms with E-state index in [4.69, 9.17) is 0 Å². The first-order valence-electron chi connectivity index (χ1n) is 8.39. The normalized spacial score (nSPS) is 10.6. The summed E-state index contributed by atoms with van der Waals surface area (Å²) >= 11 is 0. The Morgan fingerprint density at radius 2 is 1.80 bits per heavy atom. The lowest BCUT2D eigenvalue weighted by Crippen LogP contribution is -2.27. The molecule has 2 aromatic rings. The van der Waals surface area contributed by atoms with Crippen LogP contribution >= 0.6 is 0 Å². The average Bonchev–Trinajstić information content (AvgIpc) is 2.59. The first-order chi connectivity index (χ1) is 12.0. The molecular weight excluding hydrogens is 314 g/mol. The van der Waals surface area contributed by atoms with Gasteiger partial charge in [0.1, 0.15) is 5.82 Å². The Hall–Kier alpha value is -2.60. The molecule has 6 heteroatoms. The van der Waals surface area contributed by atoms with Crippen LogP contribution in [0.25, 0.3) is 0 Å². The van der Waals surface area contributed by atoms with Crippen molar-refractivity contribution in [2.24, 2.45) is 0 Å². The Balaban J connectivity index is 1.94. The number of rotatable bonds is 8. The molecular formula is C19H27N5O. The van der Waals surface area contributed by atoms with E-state index in [-0.39, 0.29) is 5.91 Å². The highest BCUT2D eigenvalue weighted by molar-refractivity contribution is 5.94. The van der Waals surface area contributed by atoms with Crippen molar-refractivity contribution in [1.29, 1.82) is 0 Å². The van der Waals surface area contributed by atoms with Gasteiger partial charge in [-0.2, -0.15) is 0 Å². The molecule has 2 N–H and O–H groups in total. The van der Waals surface area contributed by atoms with Crippen molar-refractivity contribution in [3.63, 3.8) is 0 Å². The summed E-state index contributed by atoms with van der Waals surface area (Å²) in [7, 11) is 8.05. The summed E-state index contributed by atoms with van der Waals surface area (Å²) in [6.45, 7) is 1.61. The summed E-state index contributed by atoms with van der Waals surface area (Å²) in [5, 5.41) is 6.17. The molecule has 1 heterocycles. The number of carbonyl (C=O) groups is 1. The summed E-state index contributed by atoms with van der Waals surface area (Å²) in [5.41, 5.74) is 2.67. The summed E-state index contributed by atoms with van der Waals surface area (Å²) in [6, 6.07) is 11.5. The van der Waals surface area contributed by atoms with Crippen molar-refractivity contribution in [2.75, 3.05) is 51.5 Å². The number of aromatic nitrogens is 1. The molecule has 1 aromatic heterocycles. The van der Waals surface area contributed by atoms with Crippen LogP contribution in [0, 0.1) is 0 Å². The van der Waals surface area contributed by atoms with Crippen LogP contribution in [-0.2, 0) is 0 Å². The van der Waals surface area contributed by atoms with Gasteiger partial charge < -0.3 is 20.4 Å². The number of pyridine rings is 1. The lowest BCUT2D eigenvalue weighted by Gasteiger charge is -2.13. The number of hydrogen-bond donors (Lipinski definition) is 2. The van der Waals surface area contributed by atoms with E-state index < -0.39 is 0 Å². The maximum atomic E-state index is 12.2. The van der Waals surface area contributed by atoms with Gasteiger partial charge in [0.2, 0.25) is 0 Å². The van der Waals surface area contributed by atoms with Crippen LogP contribution in [0.15, 0.2) is 42.6 Å². The molecule has 0 spiro atoms. The SMILES string of the molecule is CN(C)CCCNC(=O)c1ccnc(Nc2ccc(N(C)C)cc2)c1. The second-order valence-corrected chi connectivity index (χ2v) is 6.41. The maximum absolute atomic E-state index is 12.2. The Morgan fingerprint density at radius 1 is 1.08 bits per heavy atom. The molecule has 0 bridgehead atoms. The maximum Gasteiger partial charge on any atom is 0.251 e. The highest BCUT2D eigenvalue weighted by Crippen LogP contribution is 2.19. The first-order valence-corrected chi connectivity index (χ1v) is 8.39. The quantitative estimate of drug-likeness (QED) is 0.723. The Kier molecular flexibility index (Phi) is 6.77. The van der Waals surface area contributed by atoms with E-state index >= 15 is 0 Å². The zero-order valence-electron chi connectivity index (χ0n) is 15.4. The molecule has 0 unspecified atom stereocenters. The number of hydrogen-bond acceptors (Lipinski definition) is 5. The second-order valence-electron chi connectivity index (χ2n) is 6.41. The molecule has 25 heavy (non-hydrogen) atoms. The van der Waals surface area contributed by atoms with Crippen LogP contribution < -0.4 is 15.5 Å². The highest BCUT2D eigenvalue weighted by Gasteiger charge is 2.07. The van der Waals surface area contributed by atoms with Crippen molar-refractivity contribution in [2.45, 2.75) is 6.42 Å². The van der Waals surface area contributed by atoms with Gasteiger partial charge in [-0.05, 0) is 63.5 Å². The number of amides is 1. The standard InChI is InChI=1S/C19H27N5O/c1-23(2)13-5-11-21-19(25)15-10-12-20-18(14-15)22-16-6-8-17(9-7-16)24(3)4/h6-10,12,14H,5,11,13H2,1-4H3,(H,20,22)(H,21,25). The number of nitrogens with zero attached hydrogens (tertiary/aromatic N) is 3. The third-order valence-electron chi connectivity index (χ3n) is 3.75. The molecule has 0 saturated heterocycles. The van der Waals surface area contributed by atoms with E-state index in [0.29, 0.717) is 17.9 Å². The van der Waals surface area contributed by atoms with Gasteiger partial charge in [0, 0.05) is 43.8 Å². The fourth-order valence-corrected chi connectivity index (χ4v) is 2.33. The Bertz CT molecular complexity index is 682. The number of anilines is 3. The Labute approximate surface area is 149 Å². The van der Waals surface area contributed by atoms with Gasteiger partial charge in [-0.15, -0.1) is 0 Å². The molecule has 6 nitrogen and oxygen atoms in total. The molecule has 0 saturated carbocycles. The predicted octanol–water partition coefficient (Wildman–Crippen LogP) is 2.57. The van der Waals surface area contributed by atoms with Gasteiger partial charge in [0.25, 0.3) is 5.91 Å². The van der Waals surface area contributed by atoms with Crippen LogP contribution in [0.5, 0.6) is 0 Å². The van der Waals surface area contributed by atoms with Gasteiger partial charge in [0.05, 0.1) is 0 Å². The van der Waals surface area contributed by atoms with Crippen LogP contribution in [0.1, 0.15) is 16.8 Å². The summed E-state index contributed by atoms with van der Waals surface area (Å²) in [5.74, 6) is 0.575. The molecule has 0 fully saturated rings. The zero-order chi connectivity index (χ0) is 18.2. The smallest absolute Gasteiger partial charge is 0.251 e. The fraction of sp³-hybridized carbons (Fsp3) is 0.368. The first kappa shape index (κ1) is 18.7. The molecule has 0 aliphatic heterocycles. The summed E-state index contributed by atoms with van der Waals surface area (Å²) in [4.78, 5) is 20.7. The third-order valence-corrected chi connectivity index (χ3v) is 3.75. The lowest BCUT2D eigenvalue weighted by atomic mass is 10.2. The van der Waals surface area contributed by atoms with Crippen molar-refractivity contribution < 1.29 is 4.79 Å². The zero-order valence-corrected chi connectivity index (χ0v) is 15.4. The van der Waals surface area contributed by atoms with Gasteiger partial charge >= 0.3 is 0 Å². The third kappa shape index (κ3) is 6.08. The van der Waals surface area contributed by atoms with E-state index in [2.05, 4.69) is 20.5 Å². The van der Waals surface area contributed by atoms with E-state index in [1.165, 1.54) is 0 Å². The monoisotopic (exact) mass is 341 g/mol. The largest absolute Gasteiger partial charge is 0.378 e. The second kappa shape index (κ2) is 9.03. The fourth-order valence-electron chi connectivity index (χ4n) is 2.33. The van der Waals surface area contributed by atoms with Crippen molar-refractivity contribution in [3.8, 4) is 0 Å². The van der Waals surface area contributed by atoms with E-state index in [0.717, 1.165) is 24.3 Å². The minimum Gasteiger partial charge on any atom is -0.378 e. The highest BCUT2D eigenvalue weighted by atomic mass is 16.1. The van der Waals surface area contributed by atoms with Crippen molar-refractivity contribution in [1.82, 2.24) is 15.2 Å². The number of carbonyl (C=O) groups excluding carboxylic acids is 1. The van der Waals surface area contributed by atoms with Gasteiger partial charge in [-0.25, -0.2) is 4.98 Å². The molecule has 0 aliphatic carbocycles. The van der Waals surface area contributed by atoms with Crippen LogP contribution in [0.4, 0.5) is 17.2 Å². The molecule has 1 amide bonds. The van der Waals surface area contributed by atoms with E-state index in [1.54, 1.807) is 18.3 Å². The molecule has 2 rings (SSSR count). The molecule has 0 atom stereocenters. The number of benzene rings is 1. The van der Waals surface area contributed by atoms with Crippen LogP contribution in [-0.4, -0.2) is 57.1 Å². The van der Waals surface area contributed by atoms with Gasteiger partial charge in [-0.1, -0.05) is 0 Å². The van der Waals surface area contributed by atoms with Crippen LogP contribution in [0.3, 0.4) is 0 Å². The minimum atomic E-state index is -0.0767. The predicted molar refractivity (Wildman–Crippen MR) is 104 cm³/mol. The minimum absolute atomic E-state index is 0.0767. The molecule has 134 valence electrons. The average molecular weight is 341 g/mol. The van der Waals surface area contributed by atoms with Gasteiger partial charge in [-0.3, -0.25) is 4.79 Å². The Morgan fingerprint density at radius 3 is 2.44 bits per heavy atom. The van der Waals surface area contributed by atoms with Gasteiger partial charge in [0.15, 0.2) is 0 Å². The molecule has 0 radical (unpaired) electrons.